The third-order valence-electron chi connectivity index (χ3n) is 8.79. The molecule has 1 N–H and O–H groups in total. The average molecular weight is 693 g/mol. The number of aromatic nitrogens is 1. The number of carbonyl (C=O) groups excluding carboxylic acids is 4. The fraction of sp³-hybridized carbons (Fsp3) is 0.216. The second-order valence-corrected chi connectivity index (χ2v) is 14.2. The van der Waals surface area contributed by atoms with Crippen molar-refractivity contribution in [3.8, 4) is 0 Å². The minimum Gasteiger partial charge on any atom is -0.462 e. The number of benzene rings is 4. The summed E-state index contributed by atoms with van der Waals surface area (Å²) in [7, 11) is 3.86. The molecule has 0 saturated carbocycles. The first kappa shape index (κ1) is 32.4. The van der Waals surface area contributed by atoms with Gasteiger partial charge in [0.1, 0.15) is 11.8 Å². The van der Waals surface area contributed by atoms with Crippen LogP contribution in [0.3, 0.4) is 0 Å². The van der Waals surface area contributed by atoms with Crippen LogP contribution in [0.15, 0.2) is 101 Å². The van der Waals surface area contributed by atoms with Crippen molar-refractivity contribution in [1.82, 2.24) is 4.57 Å². The largest absolute Gasteiger partial charge is 0.462 e. The number of esters is 1. The highest BCUT2D eigenvalue weighted by atomic mass is 32.2. The molecule has 2 aliphatic heterocycles. The summed E-state index contributed by atoms with van der Waals surface area (Å²) in [6.45, 7) is 1.68. The molecule has 0 bridgehead atoms. The molecule has 4 aromatic carbocycles. The van der Waals surface area contributed by atoms with Gasteiger partial charge >= 0.3 is 10.8 Å². The zero-order valence-electron chi connectivity index (χ0n) is 26.9. The van der Waals surface area contributed by atoms with Crippen LogP contribution in [0.4, 0.5) is 17.1 Å². The number of hydrogen-bond acceptors (Lipinski definition) is 9. The van der Waals surface area contributed by atoms with Crippen LogP contribution in [0.1, 0.15) is 33.6 Å². The van der Waals surface area contributed by atoms with Gasteiger partial charge in [0.05, 0.1) is 28.8 Å². The molecule has 1 saturated heterocycles. The first-order valence-corrected chi connectivity index (χ1v) is 17.5. The molecular formula is C37H32N4O6S2. The number of fused-ring (bicyclic) bond motifs is 3. The summed E-state index contributed by atoms with van der Waals surface area (Å²) in [5.41, 5.74) is 3.00. The van der Waals surface area contributed by atoms with E-state index in [-0.39, 0.29) is 29.8 Å². The van der Waals surface area contributed by atoms with Crippen LogP contribution in [0.25, 0.3) is 10.8 Å². The first-order chi connectivity index (χ1) is 23.6. The highest BCUT2D eigenvalue weighted by Crippen LogP contribution is 2.54. The van der Waals surface area contributed by atoms with Crippen molar-refractivity contribution in [2.45, 2.75) is 29.7 Å². The van der Waals surface area contributed by atoms with Crippen molar-refractivity contribution in [1.29, 1.82) is 0 Å². The van der Waals surface area contributed by atoms with E-state index >= 15 is 0 Å². The highest BCUT2D eigenvalue weighted by molar-refractivity contribution is 8.00. The normalized spacial score (nSPS) is 18.3. The summed E-state index contributed by atoms with van der Waals surface area (Å²) in [5, 5.41) is 4.59. The molecule has 2 aliphatic rings. The molecular weight excluding hydrogens is 661 g/mol. The maximum absolute atomic E-state index is 14.3. The highest BCUT2D eigenvalue weighted by Gasteiger charge is 2.56. The SMILES string of the molecule is CCOC(=O)c1ccc(N2C(=O)C3Sc4c(sc(=O)n4CC(=O)Nc4ccc5ccccc5c4)C(c4ccc(N(C)C)cc4)C3C2=O)cc1. The van der Waals surface area contributed by atoms with Crippen LogP contribution in [0.5, 0.6) is 0 Å². The minimum absolute atomic E-state index is 0.224. The van der Waals surface area contributed by atoms with E-state index in [1.54, 1.807) is 19.1 Å². The van der Waals surface area contributed by atoms with E-state index in [2.05, 4.69) is 5.32 Å². The van der Waals surface area contributed by atoms with E-state index in [4.69, 9.17) is 4.74 Å². The maximum atomic E-state index is 14.3. The third-order valence-corrected chi connectivity index (χ3v) is 11.4. The number of anilines is 3. The molecule has 1 fully saturated rings. The lowest BCUT2D eigenvalue weighted by Gasteiger charge is -2.31. The fourth-order valence-corrected chi connectivity index (χ4v) is 9.19. The molecule has 10 nitrogen and oxygen atoms in total. The molecule has 3 amide bonds. The van der Waals surface area contributed by atoms with Crippen LogP contribution in [-0.4, -0.2) is 54.2 Å². The Morgan fingerprint density at radius 3 is 2.29 bits per heavy atom. The number of carbonyl (C=O) groups is 4. The average Bonchev–Trinajstić information content (AvgIpc) is 3.54. The van der Waals surface area contributed by atoms with E-state index in [1.165, 1.54) is 21.6 Å². The monoisotopic (exact) mass is 692 g/mol. The number of nitrogens with zero attached hydrogens (tertiary/aromatic N) is 3. The number of hydrogen-bond donors (Lipinski definition) is 1. The summed E-state index contributed by atoms with van der Waals surface area (Å²) in [6.07, 6.45) is 0. The van der Waals surface area contributed by atoms with Crippen molar-refractivity contribution in [2.24, 2.45) is 5.92 Å². The van der Waals surface area contributed by atoms with E-state index < -0.39 is 29.0 Å². The van der Waals surface area contributed by atoms with E-state index in [1.807, 2.05) is 85.7 Å². The molecule has 7 rings (SSSR count). The summed E-state index contributed by atoms with van der Waals surface area (Å²) < 4.78 is 6.49. The first-order valence-electron chi connectivity index (χ1n) is 15.8. The van der Waals surface area contributed by atoms with Crippen LogP contribution >= 0.6 is 23.1 Å². The maximum Gasteiger partial charge on any atom is 0.338 e. The Morgan fingerprint density at radius 2 is 1.59 bits per heavy atom. The van der Waals surface area contributed by atoms with Gasteiger partial charge in [0.2, 0.25) is 17.7 Å². The second-order valence-electron chi connectivity index (χ2n) is 12.0. The number of thiazole rings is 1. The quantitative estimate of drug-likeness (QED) is 0.162. The summed E-state index contributed by atoms with van der Waals surface area (Å²) >= 11 is 2.16. The van der Waals surface area contributed by atoms with Gasteiger partial charge in [0.25, 0.3) is 0 Å². The Balaban J connectivity index is 1.24. The Kier molecular flexibility index (Phi) is 8.59. The Morgan fingerprint density at radius 1 is 0.878 bits per heavy atom. The smallest absolute Gasteiger partial charge is 0.338 e. The van der Waals surface area contributed by atoms with Gasteiger partial charge in [-0.25, -0.2) is 9.69 Å². The van der Waals surface area contributed by atoms with Crippen molar-refractivity contribution < 1.29 is 23.9 Å². The van der Waals surface area contributed by atoms with Gasteiger partial charge < -0.3 is 15.0 Å². The molecule has 3 atom stereocenters. The molecule has 0 aliphatic carbocycles. The molecule has 248 valence electrons. The molecule has 1 aromatic heterocycles. The Hall–Kier alpha value is -5.20. The summed E-state index contributed by atoms with van der Waals surface area (Å²) in [4.78, 5) is 71.0. The molecule has 0 radical (unpaired) electrons. The van der Waals surface area contributed by atoms with Gasteiger partial charge in [-0.2, -0.15) is 0 Å². The van der Waals surface area contributed by atoms with Gasteiger partial charge in [-0.15, -0.1) is 0 Å². The number of imide groups is 1. The molecule has 0 spiro atoms. The van der Waals surface area contributed by atoms with Crippen LogP contribution in [-0.2, 0) is 25.7 Å². The topological polar surface area (TPSA) is 118 Å². The fourth-order valence-electron chi connectivity index (χ4n) is 6.42. The van der Waals surface area contributed by atoms with Gasteiger partial charge in [-0.3, -0.25) is 23.7 Å². The van der Waals surface area contributed by atoms with Crippen LogP contribution in [0.2, 0.25) is 0 Å². The molecule has 5 aromatic rings. The van der Waals surface area contributed by atoms with Gasteiger partial charge in [0, 0.05) is 36.3 Å². The molecule has 12 heteroatoms. The van der Waals surface area contributed by atoms with E-state index in [0.717, 1.165) is 45.1 Å². The van der Waals surface area contributed by atoms with Gasteiger partial charge in [-0.05, 0) is 71.8 Å². The lowest BCUT2D eigenvalue weighted by Crippen LogP contribution is -2.33. The predicted molar refractivity (Wildman–Crippen MR) is 192 cm³/mol. The van der Waals surface area contributed by atoms with Crippen LogP contribution < -0.4 is 20.0 Å². The lowest BCUT2D eigenvalue weighted by molar-refractivity contribution is -0.122. The number of thioether (sulfide) groups is 1. The molecule has 3 unspecified atom stereocenters. The minimum atomic E-state index is -0.841. The van der Waals surface area contributed by atoms with E-state index in [9.17, 15) is 24.0 Å². The number of nitrogens with one attached hydrogen (secondary N) is 1. The number of amides is 3. The Labute approximate surface area is 290 Å². The third kappa shape index (κ3) is 5.91. The van der Waals surface area contributed by atoms with Crippen molar-refractivity contribution in [2.75, 3.05) is 35.8 Å². The number of rotatable bonds is 8. The van der Waals surface area contributed by atoms with Crippen molar-refractivity contribution in [3.63, 3.8) is 0 Å². The van der Waals surface area contributed by atoms with Gasteiger partial charge in [0.15, 0.2) is 0 Å². The zero-order chi connectivity index (χ0) is 34.4. The summed E-state index contributed by atoms with van der Waals surface area (Å²) in [6, 6.07) is 27.3. The summed E-state index contributed by atoms with van der Waals surface area (Å²) in [5.74, 6) is -3.08. The Bertz CT molecular complexity index is 2170. The van der Waals surface area contributed by atoms with Gasteiger partial charge in [-0.1, -0.05) is 65.6 Å². The second kappa shape index (κ2) is 13.0. The standard InChI is InChI=1S/C37H32N4O6S2/c1-4-47-36(45)23-12-17-27(18-13-23)41-33(43)30-29(22-10-15-26(16-11-22)39(2)3)32-35(48-31(30)34(41)44)40(37(46)49-32)20-28(42)38-25-14-9-21-7-5-6-8-24(21)19-25/h5-19,29-31H,4,20H2,1-3H3,(H,38,42). The van der Waals surface area contributed by atoms with Crippen molar-refractivity contribution in [3.05, 3.63) is 117 Å². The van der Waals surface area contributed by atoms with E-state index in [0.29, 0.717) is 26.8 Å². The lowest BCUT2D eigenvalue weighted by atomic mass is 9.83. The van der Waals surface area contributed by atoms with Crippen molar-refractivity contribution >= 4 is 74.6 Å². The zero-order valence-corrected chi connectivity index (χ0v) is 28.5. The molecule has 49 heavy (non-hydrogen) atoms. The predicted octanol–water partition coefficient (Wildman–Crippen LogP) is 5.74. The van der Waals surface area contributed by atoms with Crippen LogP contribution in [0, 0.1) is 5.92 Å². The number of ether oxygens (including phenoxy) is 1. The molecule has 3 heterocycles.